The minimum Gasteiger partial charge on any atom is -0.309 e. The summed E-state index contributed by atoms with van der Waals surface area (Å²) in [5.74, 6) is 3.37. The van der Waals surface area contributed by atoms with E-state index in [1.165, 1.54) is 24.0 Å². The highest BCUT2D eigenvalue weighted by Gasteiger charge is 2.23. The molecule has 2 atom stereocenters. The molecule has 0 radical (unpaired) electrons. The molecule has 0 fully saturated rings. The minimum atomic E-state index is 0.501. The summed E-state index contributed by atoms with van der Waals surface area (Å²) in [6.45, 7) is 3.24. The molecule has 1 aliphatic rings. The molecular formula is C15H19N. The third-order valence-corrected chi connectivity index (χ3v) is 3.45. The Kier molecular flexibility index (Phi) is 3.64. The van der Waals surface area contributed by atoms with Crippen LogP contribution in [0, 0.1) is 12.3 Å². The van der Waals surface area contributed by atoms with E-state index in [-0.39, 0.29) is 0 Å². The molecule has 0 saturated heterocycles. The van der Waals surface area contributed by atoms with E-state index in [4.69, 9.17) is 6.42 Å². The van der Waals surface area contributed by atoms with Crippen molar-refractivity contribution in [1.82, 2.24) is 5.32 Å². The van der Waals surface area contributed by atoms with E-state index in [1.807, 2.05) is 0 Å². The van der Waals surface area contributed by atoms with Gasteiger partial charge >= 0.3 is 0 Å². The first-order chi connectivity index (χ1) is 7.83. The number of benzene rings is 1. The molecule has 1 aromatic rings. The zero-order valence-corrected chi connectivity index (χ0v) is 9.87. The molecule has 84 valence electrons. The molecule has 0 amide bonds. The number of terminal acetylenes is 1. The lowest BCUT2D eigenvalue weighted by atomic mass is 9.81. The predicted octanol–water partition coefficient (Wildman–Crippen LogP) is 3.24. The molecule has 0 aromatic heterocycles. The van der Waals surface area contributed by atoms with Crippen molar-refractivity contribution in [3.63, 3.8) is 0 Å². The fraction of sp³-hybridized carbons (Fsp3) is 0.467. The Labute approximate surface area is 98.3 Å². The van der Waals surface area contributed by atoms with Crippen LogP contribution >= 0.6 is 0 Å². The van der Waals surface area contributed by atoms with Gasteiger partial charge < -0.3 is 5.32 Å². The van der Waals surface area contributed by atoms with Crippen molar-refractivity contribution in [2.75, 3.05) is 6.54 Å². The van der Waals surface area contributed by atoms with Crippen LogP contribution in [0.2, 0.25) is 0 Å². The maximum absolute atomic E-state index is 5.27. The summed E-state index contributed by atoms with van der Waals surface area (Å²) in [4.78, 5) is 0. The standard InChI is InChI=1S/C15H19N/c1-3-4-11-16-15-10-9-12(2)13-7-5-6-8-14(13)15/h1,5-8,12,15-16H,4,9-11H2,2H3. The predicted molar refractivity (Wildman–Crippen MR) is 68.3 cm³/mol. The van der Waals surface area contributed by atoms with E-state index in [1.54, 1.807) is 0 Å². The Bertz CT molecular complexity index is 389. The number of rotatable bonds is 3. The van der Waals surface area contributed by atoms with Crippen LogP contribution in [-0.4, -0.2) is 6.54 Å². The third kappa shape index (κ3) is 2.28. The van der Waals surface area contributed by atoms with Gasteiger partial charge in [-0.05, 0) is 29.9 Å². The van der Waals surface area contributed by atoms with E-state index in [0.717, 1.165) is 13.0 Å². The first-order valence-corrected chi connectivity index (χ1v) is 6.08. The third-order valence-electron chi connectivity index (χ3n) is 3.45. The molecule has 16 heavy (non-hydrogen) atoms. The molecule has 0 heterocycles. The summed E-state index contributed by atoms with van der Waals surface area (Å²) in [5.41, 5.74) is 2.98. The van der Waals surface area contributed by atoms with Gasteiger partial charge in [-0.1, -0.05) is 31.2 Å². The molecule has 0 bridgehead atoms. The summed E-state index contributed by atoms with van der Waals surface area (Å²) < 4.78 is 0. The second-order valence-corrected chi connectivity index (χ2v) is 4.57. The lowest BCUT2D eigenvalue weighted by Crippen LogP contribution is -2.26. The average molecular weight is 213 g/mol. The van der Waals surface area contributed by atoms with Crippen LogP contribution in [-0.2, 0) is 0 Å². The van der Waals surface area contributed by atoms with Gasteiger partial charge in [0.1, 0.15) is 0 Å². The van der Waals surface area contributed by atoms with Crippen molar-refractivity contribution in [2.24, 2.45) is 0 Å². The highest BCUT2D eigenvalue weighted by atomic mass is 14.9. The Balaban J connectivity index is 2.12. The van der Waals surface area contributed by atoms with Crippen LogP contribution in [0.1, 0.15) is 49.3 Å². The van der Waals surface area contributed by atoms with Gasteiger partial charge in [0.25, 0.3) is 0 Å². The molecule has 1 heteroatoms. The number of hydrogen-bond donors (Lipinski definition) is 1. The normalized spacial score (nSPS) is 23.5. The van der Waals surface area contributed by atoms with Crippen LogP contribution in [0.15, 0.2) is 24.3 Å². The van der Waals surface area contributed by atoms with Gasteiger partial charge in [-0.15, -0.1) is 12.3 Å². The molecule has 1 N–H and O–H groups in total. The molecule has 1 aliphatic carbocycles. The zero-order valence-electron chi connectivity index (χ0n) is 9.87. The summed E-state index contributed by atoms with van der Waals surface area (Å²) in [5, 5.41) is 3.56. The van der Waals surface area contributed by atoms with Crippen molar-refractivity contribution in [1.29, 1.82) is 0 Å². The zero-order chi connectivity index (χ0) is 11.4. The van der Waals surface area contributed by atoms with Gasteiger partial charge in [-0.3, -0.25) is 0 Å². The second kappa shape index (κ2) is 5.18. The Morgan fingerprint density at radius 3 is 2.81 bits per heavy atom. The average Bonchev–Trinajstić information content (AvgIpc) is 2.33. The van der Waals surface area contributed by atoms with E-state index < -0.39 is 0 Å². The molecule has 0 saturated carbocycles. The molecule has 1 nitrogen and oxygen atoms in total. The van der Waals surface area contributed by atoms with E-state index in [9.17, 15) is 0 Å². The van der Waals surface area contributed by atoms with Crippen LogP contribution in [0.25, 0.3) is 0 Å². The summed E-state index contributed by atoms with van der Waals surface area (Å²) in [6.07, 6.45) is 8.58. The second-order valence-electron chi connectivity index (χ2n) is 4.57. The highest BCUT2D eigenvalue weighted by molar-refractivity contribution is 5.34. The molecule has 0 spiro atoms. The van der Waals surface area contributed by atoms with Gasteiger partial charge in [0.05, 0.1) is 0 Å². The summed E-state index contributed by atoms with van der Waals surface area (Å²) >= 11 is 0. The van der Waals surface area contributed by atoms with Crippen molar-refractivity contribution >= 4 is 0 Å². The van der Waals surface area contributed by atoms with E-state index in [2.05, 4.69) is 42.4 Å². The lowest BCUT2D eigenvalue weighted by molar-refractivity contribution is 0.437. The molecule has 1 aromatic carbocycles. The monoisotopic (exact) mass is 213 g/mol. The minimum absolute atomic E-state index is 0.501. The molecule has 2 unspecified atom stereocenters. The van der Waals surface area contributed by atoms with Crippen molar-refractivity contribution < 1.29 is 0 Å². The van der Waals surface area contributed by atoms with Crippen molar-refractivity contribution in [3.8, 4) is 12.3 Å². The first kappa shape index (κ1) is 11.2. The number of nitrogens with one attached hydrogen (secondary N) is 1. The van der Waals surface area contributed by atoms with E-state index in [0.29, 0.717) is 12.0 Å². The fourth-order valence-electron chi connectivity index (χ4n) is 2.54. The maximum Gasteiger partial charge on any atom is 0.0323 e. The smallest absolute Gasteiger partial charge is 0.0323 e. The van der Waals surface area contributed by atoms with Crippen LogP contribution in [0.4, 0.5) is 0 Å². The number of hydrogen-bond acceptors (Lipinski definition) is 1. The lowest BCUT2D eigenvalue weighted by Gasteiger charge is -2.30. The van der Waals surface area contributed by atoms with E-state index >= 15 is 0 Å². The SMILES string of the molecule is C#CCCNC1CCC(C)c2ccccc21. The molecular weight excluding hydrogens is 194 g/mol. The van der Waals surface area contributed by atoms with Crippen LogP contribution in [0.5, 0.6) is 0 Å². The van der Waals surface area contributed by atoms with Crippen molar-refractivity contribution in [3.05, 3.63) is 35.4 Å². The molecule has 2 rings (SSSR count). The first-order valence-electron chi connectivity index (χ1n) is 6.08. The number of fused-ring (bicyclic) bond motifs is 1. The summed E-state index contributed by atoms with van der Waals surface area (Å²) in [7, 11) is 0. The van der Waals surface area contributed by atoms with Gasteiger partial charge in [0, 0.05) is 19.0 Å². The Hall–Kier alpha value is -1.26. The largest absolute Gasteiger partial charge is 0.309 e. The topological polar surface area (TPSA) is 12.0 Å². The van der Waals surface area contributed by atoms with Crippen molar-refractivity contribution in [2.45, 2.75) is 38.1 Å². The Morgan fingerprint density at radius 1 is 1.31 bits per heavy atom. The van der Waals surface area contributed by atoms with Gasteiger partial charge in [0.2, 0.25) is 0 Å². The van der Waals surface area contributed by atoms with Crippen LogP contribution in [0.3, 0.4) is 0 Å². The highest BCUT2D eigenvalue weighted by Crippen LogP contribution is 2.36. The van der Waals surface area contributed by atoms with Gasteiger partial charge in [-0.25, -0.2) is 0 Å². The summed E-state index contributed by atoms with van der Waals surface area (Å²) in [6, 6.07) is 9.28. The fourth-order valence-corrected chi connectivity index (χ4v) is 2.54. The quantitative estimate of drug-likeness (QED) is 0.600. The molecule has 0 aliphatic heterocycles. The van der Waals surface area contributed by atoms with Gasteiger partial charge in [-0.2, -0.15) is 0 Å². The Morgan fingerprint density at radius 2 is 2.06 bits per heavy atom. The van der Waals surface area contributed by atoms with Gasteiger partial charge in [0.15, 0.2) is 0 Å². The van der Waals surface area contributed by atoms with Crippen LogP contribution < -0.4 is 5.32 Å². The maximum atomic E-state index is 5.27.